The summed E-state index contributed by atoms with van der Waals surface area (Å²) in [5.41, 5.74) is 16.8. The number of amidine groups is 1. The van der Waals surface area contributed by atoms with Gasteiger partial charge in [0.2, 0.25) is 0 Å². The zero-order valence-electron chi connectivity index (χ0n) is 21.3. The number of para-hydroxylation sites is 4. The minimum Gasteiger partial charge on any atom is -0.385 e. The topological polar surface area (TPSA) is 119 Å². The van der Waals surface area contributed by atoms with Crippen molar-refractivity contribution in [2.45, 2.75) is 6.42 Å². The molecule has 7 rings (SSSR count). The Morgan fingerprint density at radius 3 is 1.95 bits per heavy atom. The summed E-state index contributed by atoms with van der Waals surface area (Å²) >= 11 is 0. The molecule has 0 bridgehead atoms. The van der Waals surface area contributed by atoms with Gasteiger partial charge in [-0.1, -0.05) is 84.9 Å². The molecule has 9 heteroatoms. The van der Waals surface area contributed by atoms with Crippen molar-refractivity contribution in [1.29, 1.82) is 0 Å². The maximum Gasteiger partial charge on any atom is 0.187 e. The molecular formula is C31H23N9. The predicted octanol–water partition coefficient (Wildman–Crippen LogP) is 5.48. The van der Waals surface area contributed by atoms with Gasteiger partial charge in [-0.15, -0.1) is 10.2 Å². The Hall–Kier alpha value is -5.70. The molecule has 0 saturated carbocycles. The molecule has 0 fully saturated rings. The Morgan fingerprint density at radius 1 is 0.650 bits per heavy atom. The number of hydrazone groups is 1. The van der Waals surface area contributed by atoms with E-state index in [0.29, 0.717) is 28.8 Å². The highest BCUT2D eigenvalue weighted by Gasteiger charge is 2.17. The maximum atomic E-state index is 6.44. The lowest BCUT2D eigenvalue weighted by atomic mass is 10.1. The summed E-state index contributed by atoms with van der Waals surface area (Å²) in [5.74, 6) is 1.49. The van der Waals surface area contributed by atoms with Crippen molar-refractivity contribution in [3.63, 3.8) is 0 Å². The van der Waals surface area contributed by atoms with Gasteiger partial charge >= 0.3 is 0 Å². The SMILES string of the molecule is N/C(Cc1nnc2c(-c3ccccc3)nc3ccccc3n12)=N/Nc1nc2ccccc2nc1-c1ccccc1. The van der Waals surface area contributed by atoms with Crippen molar-refractivity contribution in [3.05, 3.63) is 115 Å². The van der Waals surface area contributed by atoms with Gasteiger partial charge in [-0.25, -0.2) is 15.0 Å². The fourth-order valence-corrected chi connectivity index (χ4v) is 4.75. The Balaban J connectivity index is 1.27. The van der Waals surface area contributed by atoms with Crippen molar-refractivity contribution in [2.75, 3.05) is 5.43 Å². The van der Waals surface area contributed by atoms with Crippen molar-refractivity contribution in [1.82, 2.24) is 29.5 Å². The molecule has 4 aromatic carbocycles. The van der Waals surface area contributed by atoms with E-state index < -0.39 is 0 Å². The van der Waals surface area contributed by atoms with Gasteiger partial charge in [0.1, 0.15) is 23.0 Å². The third-order valence-electron chi connectivity index (χ3n) is 6.61. The largest absolute Gasteiger partial charge is 0.385 e. The van der Waals surface area contributed by atoms with Crippen LogP contribution in [0, 0.1) is 0 Å². The van der Waals surface area contributed by atoms with E-state index in [1.54, 1.807) is 0 Å². The van der Waals surface area contributed by atoms with E-state index in [9.17, 15) is 0 Å². The molecule has 192 valence electrons. The van der Waals surface area contributed by atoms with Crippen LogP contribution in [0.5, 0.6) is 0 Å². The average Bonchev–Trinajstić information content (AvgIpc) is 3.43. The minimum atomic E-state index is 0.262. The average molecular weight is 522 g/mol. The van der Waals surface area contributed by atoms with Gasteiger partial charge in [-0.2, -0.15) is 5.10 Å². The van der Waals surface area contributed by atoms with E-state index in [1.165, 1.54) is 0 Å². The molecule has 0 saturated heterocycles. The summed E-state index contributed by atoms with van der Waals surface area (Å²) in [7, 11) is 0. The number of anilines is 1. The quantitative estimate of drug-likeness (QED) is 0.169. The Morgan fingerprint density at radius 2 is 1.23 bits per heavy atom. The first-order valence-corrected chi connectivity index (χ1v) is 12.8. The molecule has 0 aliphatic carbocycles. The van der Waals surface area contributed by atoms with E-state index >= 15 is 0 Å². The summed E-state index contributed by atoms with van der Waals surface area (Å²) in [4.78, 5) is 14.5. The number of hydrogen-bond donors (Lipinski definition) is 2. The number of nitrogens with one attached hydrogen (secondary N) is 1. The van der Waals surface area contributed by atoms with Gasteiger partial charge in [0.25, 0.3) is 0 Å². The molecule has 0 atom stereocenters. The minimum absolute atomic E-state index is 0.262. The Kier molecular flexibility index (Phi) is 5.78. The van der Waals surface area contributed by atoms with Crippen LogP contribution in [0.15, 0.2) is 114 Å². The molecule has 0 radical (unpaired) electrons. The molecule has 0 spiro atoms. The second-order valence-electron chi connectivity index (χ2n) is 9.26. The van der Waals surface area contributed by atoms with E-state index in [1.807, 2.05) is 114 Å². The molecule has 40 heavy (non-hydrogen) atoms. The predicted molar refractivity (Wildman–Crippen MR) is 158 cm³/mol. The summed E-state index contributed by atoms with van der Waals surface area (Å²) in [6.07, 6.45) is 0.262. The molecule has 0 aliphatic rings. The molecular weight excluding hydrogens is 498 g/mol. The van der Waals surface area contributed by atoms with Gasteiger partial charge in [-0.05, 0) is 24.3 Å². The Labute approximate surface area is 229 Å². The van der Waals surface area contributed by atoms with E-state index in [0.717, 1.165) is 38.9 Å². The molecule has 3 N–H and O–H groups in total. The number of rotatable bonds is 6. The van der Waals surface area contributed by atoms with Crippen molar-refractivity contribution in [3.8, 4) is 22.5 Å². The van der Waals surface area contributed by atoms with Gasteiger partial charge < -0.3 is 5.73 Å². The lowest BCUT2D eigenvalue weighted by Gasteiger charge is -2.10. The second-order valence-corrected chi connectivity index (χ2v) is 9.26. The fraction of sp³-hybridized carbons (Fsp3) is 0.0323. The second kappa shape index (κ2) is 9.88. The third-order valence-corrected chi connectivity index (χ3v) is 6.61. The van der Waals surface area contributed by atoms with Gasteiger partial charge in [0.15, 0.2) is 11.5 Å². The zero-order valence-corrected chi connectivity index (χ0v) is 21.3. The van der Waals surface area contributed by atoms with Gasteiger partial charge in [0.05, 0.1) is 28.5 Å². The molecule has 3 heterocycles. The highest BCUT2D eigenvalue weighted by atomic mass is 15.3. The summed E-state index contributed by atoms with van der Waals surface area (Å²) in [6.45, 7) is 0. The third kappa shape index (κ3) is 4.25. The molecule has 9 nitrogen and oxygen atoms in total. The summed E-state index contributed by atoms with van der Waals surface area (Å²) in [6, 6.07) is 35.5. The lowest BCUT2D eigenvalue weighted by molar-refractivity contribution is 0.976. The molecule has 7 aromatic rings. The number of nitrogens with two attached hydrogens (primary N) is 1. The van der Waals surface area contributed by atoms with Crippen molar-refractivity contribution in [2.24, 2.45) is 10.8 Å². The molecule has 0 aliphatic heterocycles. The molecule has 3 aromatic heterocycles. The zero-order chi connectivity index (χ0) is 26.9. The van der Waals surface area contributed by atoms with Crippen LogP contribution in [0.2, 0.25) is 0 Å². The van der Waals surface area contributed by atoms with Gasteiger partial charge in [0, 0.05) is 11.1 Å². The number of aromatic nitrogens is 6. The van der Waals surface area contributed by atoms with E-state index in [4.69, 9.17) is 20.7 Å². The molecule has 0 amide bonds. The number of fused-ring (bicyclic) bond motifs is 4. The maximum absolute atomic E-state index is 6.44. The fourth-order valence-electron chi connectivity index (χ4n) is 4.75. The summed E-state index contributed by atoms with van der Waals surface area (Å²) in [5, 5.41) is 13.5. The molecule has 0 unspecified atom stereocenters. The summed E-state index contributed by atoms with van der Waals surface area (Å²) < 4.78 is 2.00. The first kappa shape index (κ1) is 23.4. The normalized spacial score (nSPS) is 11.8. The first-order valence-electron chi connectivity index (χ1n) is 12.8. The highest BCUT2D eigenvalue weighted by Crippen LogP contribution is 2.28. The van der Waals surface area contributed by atoms with Crippen LogP contribution in [-0.4, -0.2) is 35.4 Å². The van der Waals surface area contributed by atoms with E-state index in [-0.39, 0.29) is 6.42 Å². The Bertz CT molecular complexity index is 2020. The van der Waals surface area contributed by atoms with E-state index in [2.05, 4.69) is 20.7 Å². The first-order chi connectivity index (χ1) is 19.7. The van der Waals surface area contributed by atoms with Crippen LogP contribution in [0.1, 0.15) is 5.82 Å². The van der Waals surface area contributed by atoms with Crippen LogP contribution < -0.4 is 11.2 Å². The standard InChI is InChI=1S/C31H23N9/c32-26(36-38-30-28(20-11-3-1-4-12-20)33-22-15-7-8-16-23(22)35-30)19-27-37-39-31-29(21-13-5-2-6-14-21)34-24-17-9-10-18-25(24)40(27)31/h1-18H,19H2,(H2,32,36)(H,35,38). The number of nitrogens with zero attached hydrogens (tertiary/aromatic N) is 7. The lowest BCUT2D eigenvalue weighted by Crippen LogP contribution is -2.19. The monoisotopic (exact) mass is 521 g/mol. The number of benzene rings is 4. The van der Waals surface area contributed by atoms with Crippen LogP contribution >= 0.6 is 0 Å². The highest BCUT2D eigenvalue weighted by molar-refractivity contribution is 5.88. The number of hydrogen-bond acceptors (Lipinski definition) is 7. The van der Waals surface area contributed by atoms with Crippen LogP contribution in [0.4, 0.5) is 5.82 Å². The van der Waals surface area contributed by atoms with Crippen LogP contribution in [-0.2, 0) is 6.42 Å². The van der Waals surface area contributed by atoms with Crippen LogP contribution in [0.3, 0.4) is 0 Å². The van der Waals surface area contributed by atoms with Crippen molar-refractivity contribution >= 4 is 39.4 Å². The van der Waals surface area contributed by atoms with Gasteiger partial charge in [-0.3, -0.25) is 9.83 Å². The smallest absolute Gasteiger partial charge is 0.187 e. The van der Waals surface area contributed by atoms with Crippen molar-refractivity contribution < 1.29 is 0 Å². The van der Waals surface area contributed by atoms with Crippen LogP contribution in [0.25, 0.3) is 50.2 Å².